The Morgan fingerprint density at radius 2 is 2.20 bits per heavy atom. The van der Waals surface area contributed by atoms with Crippen molar-refractivity contribution < 1.29 is 13.2 Å². The molecule has 2 heterocycles. The van der Waals surface area contributed by atoms with Gasteiger partial charge in [0.25, 0.3) is 10.0 Å². The Kier molecular flexibility index (Phi) is 4.79. The number of nitrogens with one attached hydrogen (secondary N) is 2. The van der Waals surface area contributed by atoms with Crippen LogP contribution in [0.2, 0.25) is 0 Å². The third-order valence-electron chi connectivity index (χ3n) is 3.80. The van der Waals surface area contributed by atoms with Crippen molar-refractivity contribution >= 4 is 10.0 Å². The normalized spacial score (nSPS) is 19.1. The number of hydrogen-bond acceptors (Lipinski definition) is 5. The van der Waals surface area contributed by atoms with E-state index < -0.39 is 10.0 Å². The number of nitrogens with zero attached hydrogens (tertiary/aromatic N) is 2. The zero-order valence-corrected chi connectivity index (χ0v) is 12.7. The highest BCUT2D eigenvalue weighted by Gasteiger charge is 2.34. The van der Waals surface area contributed by atoms with E-state index in [1.807, 2.05) is 0 Å². The minimum Gasteiger partial charge on any atom is -0.384 e. The smallest absolute Gasteiger partial charge is 0.257 e. The van der Waals surface area contributed by atoms with Crippen LogP contribution in [0.15, 0.2) is 17.3 Å². The van der Waals surface area contributed by atoms with E-state index in [-0.39, 0.29) is 10.4 Å². The van der Waals surface area contributed by atoms with Crippen LogP contribution < -0.4 is 10.0 Å². The summed E-state index contributed by atoms with van der Waals surface area (Å²) in [6.45, 7) is 2.71. The van der Waals surface area contributed by atoms with Gasteiger partial charge in [-0.2, -0.15) is 5.10 Å². The van der Waals surface area contributed by atoms with E-state index in [9.17, 15) is 8.42 Å². The van der Waals surface area contributed by atoms with Crippen molar-refractivity contribution in [2.75, 3.05) is 33.4 Å². The van der Waals surface area contributed by atoms with Gasteiger partial charge in [-0.3, -0.25) is 4.68 Å². The lowest BCUT2D eigenvalue weighted by molar-refractivity contribution is 0.0577. The molecule has 1 aliphatic rings. The summed E-state index contributed by atoms with van der Waals surface area (Å²) < 4.78 is 33.9. The molecule has 0 spiro atoms. The van der Waals surface area contributed by atoms with Gasteiger partial charge in [-0.05, 0) is 32.0 Å². The minimum absolute atomic E-state index is 0.133. The Morgan fingerprint density at radius 3 is 2.75 bits per heavy atom. The minimum atomic E-state index is -3.53. The zero-order valence-electron chi connectivity index (χ0n) is 11.9. The molecule has 8 heteroatoms. The first kappa shape index (κ1) is 15.4. The van der Waals surface area contributed by atoms with Gasteiger partial charge in [-0.1, -0.05) is 0 Å². The summed E-state index contributed by atoms with van der Waals surface area (Å²) in [5.74, 6) is 0. The Bertz CT molecular complexity index is 529. The predicted molar refractivity (Wildman–Crippen MR) is 74.8 cm³/mol. The fourth-order valence-corrected chi connectivity index (χ4v) is 3.86. The van der Waals surface area contributed by atoms with Gasteiger partial charge in [0.1, 0.15) is 0 Å². The van der Waals surface area contributed by atoms with E-state index in [0.717, 1.165) is 25.9 Å². The molecular weight excluding hydrogens is 280 g/mol. The quantitative estimate of drug-likeness (QED) is 0.754. The van der Waals surface area contributed by atoms with Crippen molar-refractivity contribution in [3.05, 3.63) is 12.3 Å². The molecule has 0 atom stereocenters. The highest BCUT2D eigenvalue weighted by Crippen LogP contribution is 2.28. The van der Waals surface area contributed by atoms with Crippen molar-refractivity contribution in [1.29, 1.82) is 0 Å². The largest absolute Gasteiger partial charge is 0.384 e. The molecule has 2 N–H and O–H groups in total. The summed E-state index contributed by atoms with van der Waals surface area (Å²) in [6.07, 6.45) is 3.27. The number of aryl methyl sites for hydroxylation is 1. The van der Waals surface area contributed by atoms with Crippen LogP contribution in [0.25, 0.3) is 0 Å². The molecule has 2 rings (SSSR count). The number of hydrogen-bond donors (Lipinski definition) is 2. The van der Waals surface area contributed by atoms with Crippen molar-refractivity contribution in [3.8, 4) is 0 Å². The van der Waals surface area contributed by atoms with Crippen LogP contribution >= 0.6 is 0 Å². The van der Waals surface area contributed by atoms with Gasteiger partial charge >= 0.3 is 0 Å². The summed E-state index contributed by atoms with van der Waals surface area (Å²) >= 11 is 0. The number of sulfonamides is 1. The third kappa shape index (κ3) is 3.38. The molecule has 0 unspecified atom stereocenters. The first-order valence-electron chi connectivity index (χ1n) is 6.66. The van der Waals surface area contributed by atoms with E-state index >= 15 is 0 Å². The summed E-state index contributed by atoms with van der Waals surface area (Å²) in [6, 6.07) is 1.49. The molecule has 20 heavy (non-hydrogen) atoms. The lowest BCUT2D eigenvalue weighted by atomic mass is 9.80. The monoisotopic (exact) mass is 302 g/mol. The molecule has 0 amide bonds. The third-order valence-corrected chi connectivity index (χ3v) is 5.28. The molecule has 0 radical (unpaired) electrons. The average Bonchev–Trinajstić information content (AvgIpc) is 2.85. The Morgan fingerprint density at radius 1 is 1.50 bits per heavy atom. The molecule has 0 aliphatic carbocycles. The molecule has 114 valence electrons. The Labute approximate surface area is 119 Å². The highest BCUT2D eigenvalue weighted by atomic mass is 32.2. The van der Waals surface area contributed by atoms with Gasteiger partial charge < -0.3 is 10.1 Å². The van der Waals surface area contributed by atoms with E-state index in [4.69, 9.17) is 4.74 Å². The highest BCUT2D eigenvalue weighted by molar-refractivity contribution is 7.89. The molecule has 1 aromatic rings. The maximum absolute atomic E-state index is 12.3. The fraction of sp³-hybridized carbons (Fsp3) is 0.750. The predicted octanol–water partition coefficient (Wildman–Crippen LogP) is -0.285. The summed E-state index contributed by atoms with van der Waals surface area (Å²) in [7, 11) is -0.262. The topological polar surface area (TPSA) is 85.2 Å². The van der Waals surface area contributed by atoms with E-state index in [0.29, 0.717) is 13.2 Å². The maximum atomic E-state index is 12.3. The number of ether oxygens (including phenoxy) is 1. The molecule has 7 nitrogen and oxygen atoms in total. The molecule has 1 fully saturated rings. The van der Waals surface area contributed by atoms with Crippen molar-refractivity contribution in [2.24, 2.45) is 12.5 Å². The van der Waals surface area contributed by atoms with Gasteiger partial charge in [-0.15, -0.1) is 0 Å². The SMILES string of the molecule is COCC1(CNS(=O)(=O)c2ccnn2C)CCNCC1. The van der Waals surface area contributed by atoms with E-state index in [2.05, 4.69) is 15.1 Å². The number of rotatable bonds is 6. The second-order valence-corrected chi connectivity index (χ2v) is 7.01. The fourth-order valence-electron chi connectivity index (χ4n) is 2.58. The second kappa shape index (κ2) is 6.21. The zero-order chi connectivity index (χ0) is 14.6. The standard InChI is InChI=1S/C12H22N4O3S/c1-16-11(3-6-14-16)20(17,18)15-9-12(10-19-2)4-7-13-8-5-12/h3,6,13,15H,4-5,7-10H2,1-2H3. The maximum Gasteiger partial charge on any atom is 0.257 e. The van der Waals surface area contributed by atoms with Crippen LogP contribution in [0.1, 0.15) is 12.8 Å². The Balaban J connectivity index is 2.07. The summed E-state index contributed by atoms with van der Waals surface area (Å²) in [5, 5.41) is 7.36. The molecule has 0 aromatic carbocycles. The molecule has 1 saturated heterocycles. The summed E-state index contributed by atoms with van der Waals surface area (Å²) in [4.78, 5) is 0. The van der Waals surface area contributed by atoms with E-state index in [1.165, 1.54) is 16.9 Å². The number of piperidine rings is 1. The van der Waals surface area contributed by atoms with Crippen LogP contribution in [0.4, 0.5) is 0 Å². The van der Waals surface area contributed by atoms with Crippen LogP contribution in [-0.4, -0.2) is 51.5 Å². The molecule has 0 saturated carbocycles. The van der Waals surface area contributed by atoms with Crippen molar-refractivity contribution in [1.82, 2.24) is 19.8 Å². The van der Waals surface area contributed by atoms with Crippen LogP contribution in [0.5, 0.6) is 0 Å². The Hall–Kier alpha value is -0.960. The molecule has 1 aromatic heterocycles. The first-order chi connectivity index (χ1) is 9.49. The lowest BCUT2D eigenvalue weighted by Gasteiger charge is -2.37. The van der Waals surface area contributed by atoms with Gasteiger partial charge in [-0.25, -0.2) is 13.1 Å². The second-order valence-electron chi connectivity index (χ2n) is 5.30. The summed E-state index contributed by atoms with van der Waals surface area (Å²) in [5.41, 5.74) is -0.133. The lowest BCUT2D eigenvalue weighted by Crippen LogP contribution is -2.47. The van der Waals surface area contributed by atoms with Crippen LogP contribution in [-0.2, 0) is 21.8 Å². The van der Waals surface area contributed by atoms with Gasteiger partial charge in [0.2, 0.25) is 0 Å². The van der Waals surface area contributed by atoms with Crippen LogP contribution in [0.3, 0.4) is 0 Å². The number of methoxy groups -OCH3 is 1. The van der Waals surface area contributed by atoms with Gasteiger partial charge in [0.05, 0.1) is 12.8 Å². The average molecular weight is 302 g/mol. The van der Waals surface area contributed by atoms with Gasteiger partial charge in [0, 0.05) is 26.1 Å². The molecule has 0 bridgehead atoms. The van der Waals surface area contributed by atoms with Crippen molar-refractivity contribution in [2.45, 2.75) is 17.9 Å². The van der Waals surface area contributed by atoms with E-state index in [1.54, 1.807) is 14.2 Å². The van der Waals surface area contributed by atoms with Crippen LogP contribution in [0, 0.1) is 5.41 Å². The molecule has 1 aliphatic heterocycles. The van der Waals surface area contributed by atoms with Gasteiger partial charge in [0.15, 0.2) is 5.03 Å². The van der Waals surface area contributed by atoms with Crippen molar-refractivity contribution in [3.63, 3.8) is 0 Å². The number of aromatic nitrogens is 2. The molecular formula is C12H22N4O3S. The first-order valence-corrected chi connectivity index (χ1v) is 8.15.